The Morgan fingerprint density at radius 2 is 1.48 bits per heavy atom. The Morgan fingerprint density at radius 3 is 2.10 bits per heavy atom. The van der Waals surface area contributed by atoms with Crippen LogP contribution in [-0.2, 0) is 9.59 Å². The molecule has 1 atom stereocenters. The summed E-state index contributed by atoms with van der Waals surface area (Å²) in [5.74, 6) is -1.29. The first-order valence-corrected chi connectivity index (χ1v) is 10.7. The lowest BCUT2D eigenvalue weighted by Gasteiger charge is -2.36. The maximum atomic E-state index is 13.1. The average Bonchev–Trinajstić information content (AvgIpc) is 3.14. The molecule has 0 N–H and O–H groups in total. The second-order valence-electron chi connectivity index (χ2n) is 7.66. The molecular weight excluding hydrogens is 444 g/mol. The number of piperazine rings is 1. The lowest BCUT2D eigenvalue weighted by atomic mass is 10.1. The first-order valence-electron chi connectivity index (χ1n) is 9.92. The van der Waals surface area contributed by atoms with Crippen LogP contribution in [0.5, 0.6) is 0 Å². The van der Waals surface area contributed by atoms with E-state index in [1.54, 1.807) is 28.0 Å². The van der Waals surface area contributed by atoms with Gasteiger partial charge >= 0.3 is 0 Å². The van der Waals surface area contributed by atoms with Crippen molar-refractivity contribution >= 4 is 46.6 Å². The maximum absolute atomic E-state index is 13.1. The minimum absolute atomic E-state index is 0.0992. The summed E-state index contributed by atoms with van der Waals surface area (Å²) < 4.78 is 13.1. The van der Waals surface area contributed by atoms with Crippen LogP contribution in [0.25, 0.3) is 0 Å². The van der Waals surface area contributed by atoms with Crippen molar-refractivity contribution < 1.29 is 18.8 Å². The summed E-state index contributed by atoms with van der Waals surface area (Å²) in [6, 6.07) is 10.3. The van der Waals surface area contributed by atoms with E-state index in [9.17, 15) is 18.8 Å². The highest BCUT2D eigenvalue weighted by Crippen LogP contribution is 2.31. The van der Waals surface area contributed by atoms with Gasteiger partial charge in [0.05, 0.1) is 5.92 Å². The number of anilines is 1. The van der Waals surface area contributed by atoms with Gasteiger partial charge in [-0.3, -0.25) is 14.4 Å². The number of halogens is 3. The molecule has 1 unspecified atom stereocenters. The van der Waals surface area contributed by atoms with Crippen molar-refractivity contribution in [1.29, 1.82) is 0 Å². The zero-order valence-corrected chi connectivity index (χ0v) is 18.1. The van der Waals surface area contributed by atoms with E-state index in [0.717, 1.165) is 0 Å². The predicted molar refractivity (Wildman–Crippen MR) is 116 cm³/mol. The Labute approximate surface area is 189 Å². The van der Waals surface area contributed by atoms with Crippen molar-refractivity contribution in [1.82, 2.24) is 9.80 Å². The molecule has 0 spiro atoms. The SMILES string of the molecule is O=C(c1ccc(F)cc1)N1CCN(C(=O)C2CC(=O)N(c3cc(Cl)cc(Cl)c3)C2)CC1. The summed E-state index contributed by atoms with van der Waals surface area (Å²) in [6.07, 6.45) is 0.123. The molecule has 0 saturated carbocycles. The molecule has 2 aromatic rings. The lowest BCUT2D eigenvalue weighted by molar-refractivity contribution is -0.137. The first kappa shape index (κ1) is 21.6. The number of carbonyl (C=O) groups is 3. The van der Waals surface area contributed by atoms with Crippen LogP contribution in [0, 0.1) is 11.7 Å². The van der Waals surface area contributed by atoms with Crippen molar-refractivity contribution in [2.24, 2.45) is 5.92 Å². The van der Waals surface area contributed by atoms with Crippen LogP contribution in [0.2, 0.25) is 10.0 Å². The highest BCUT2D eigenvalue weighted by atomic mass is 35.5. The smallest absolute Gasteiger partial charge is 0.253 e. The Balaban J connectivity index is 1.36. The summed E-state index contributed by atoms with van der Waals surface area (Å²) in [5.41, 5.74) is 0.992. The van der Waals surface area contributed by atoms with E-state index in [-0.39, 0.29) is 30.7 Å². The predicted octanol–water partition coefficient (Wildman–Crippen LogP) is 3.47. The fourth-order valence-corrected chi connectivity index (χ4v) is 4.50. The van der Waals surface area contributed by atoms with Crippen LogP contribution >= 0.6 is 23.2 Å². The average molecular weight is 464 g/mol. The van der Waals surface area contributed by atoms with Crippen LogP contribution in [0.15, 0.2) is 42.5 Å². The second-order valence-corrected chi connectivity index (χ2v) is 8.53. The van der Waals surface area contributed by atoms with E-state index >= 15 is 0 Å². The third kappa shape index (κ3) is 4.67. The molecule has 162 valence electrons. The lowest BCUT2D eigenvalue weighted by Crippen LogP contribution is -2.52. The highest BCUT2D eigenvalue weighted by molar-refractivity contribution is 6.35. The molecule has 6 nitrogen and oxygen atoms in total. The van der Waals surface area contributed by atoms with Gasteiger partial charge in [0.15, 0.2) is 0 Å². The molecule has 0 radical (unpaired) electrons. The summed E-state index contributed by atoms with van der Waals surface area (Å²) >= 11 is 12.1. The van der Waals surface area contributed by atoms with Gasteiger partial charge in [-0.25, -0.2) is 4.39 Å². The Morgan fingerprint density at radius 1 is 0.903 bits per heavy atom. The number of carbonyl (C=O) groups excluding carboxylic acids is 3. The molecular formula is C22H20Cl2FN3O3. The molecule has 0 aliphatic carbocycles. The Bertz CT molecular complexity index is 1000. The van der Waals surface area contributed by atoms with Gasteiger partial charge in [0.2, 0.25) is 11.8 Å². The fourth-order valence-electron chi connectivity index (χ4n) is 3.98. The maximum Gasteiger partial charge on any atom is 0.253 e. The molecule has 0 bridgehead atoms. The Hall–Kier alpha value is -2.64. The van der Waals surface area contributed by atoms with E-state index in [2.05, 4.69) is 0 Å². The summed E-state index contributed by atoms with van der Waals surface area (Å²) in [7, 11) is 0. The molecule has 31 heavy (non-hydrogen) atoms. The van der Waals surface area contributed by atoms with Crippen LogP contribution in [-0.4, -0.2) is 60.2 Å². The van der Waals surface area contributed by atoms with Crippen molar-refractivity contribution in [2.45, 2.75) is 6.42 Å². The van der Waals surface area contributed by atoms with E-state index in [4.69, 9.17) is 23.2 Å². The van der Waals surface area contributed by atoms with Gasteiger partial charge in [-0.15, -0.1) is 0 Å². The van der Waals surface area contributed by atoms with Crippen molar-refractivity contribution in [3.8, 4) is 0 Å². The van der Waals surface area contributed by atoms with Crippen molar-refractivity contribution in [2.75, 3.05) is 37.6 Å². The van der Waals surface area contributed by atoms with E-state index in [0.29, 0.717) is 47.5 Å². The summed E-state index contributed by atoms with van der Waals surface area (Å²) in [6.45, 7) is 1.81. The molecule has 2 aromatic carbocycles. The number of hydrogen-bond donors (Lipinski definition) is 0. The third-order valence-corrected chi connectivity index (χ3v) is 6.04. The van der Waals surface area contributed by atoms with Crippen LogP contribution in [0.3, 0.4) is 0 Å². The molecule has 3 amide bonds. The van der Waals surface area contributed by atoms with Gasteiger partial charge in [-0.05, 0) is 42.5 Å². The number of hydrogen-bond acceptors (Lipinski definition) is 3. The standard InChI is InChI=1S/C22H20Cl2FN3O3/c23-16-10-17(24)12-19(11-16)28-13-15(9-20(28)29)22(31)27-7-5-26(6-8-27)21(30)14-1-3-18(25)4-2-14/h1-4,10-12,15H,5-9,13H2. The van der Waals surface area contributed by atoms with Gasteiger partial charge < -0.3 is 14.7 Å². The number of benzene rings is 2. The molecule has 2 fully saturated rings. The van der Waals surface area contributed by atoms with Crippen LogP contribution in [0.1, 0.15) is 16.8 Å². The normalized spacial score (nSPS) is 19.1. The monoisotopic (exact) mass is 463 g/mol. The minimum Gasteiger partial charge on any atom is -0.339 e. The largest absolute Gasteiger partial charge is 0.339 e. The third-order valence-electron chi connectivity index (χ3n) is 5.60. The number of amides is 3. The minimum atomic E-state index is -0.454. The van der Waals surface area contributed by atoms with E-state index in [1.165, 1.54) is 29.2 Å². The molecule has 2 aliphatic rings. The second kappa shape index (κ2) is 8.85. The fraction of sp³-hybridized carbons (Fsp3) is 0.318. The quantitative estimate of drug-likeness (QED) is 0.699. The topological polar surface area (TPSA) is 60.9 Å². The van der Waals surface area contributed by atoms with E-state index in [1.807, 2.05) is 0 Å². The molecule has 4 rings (SSSR count). The zero-order chi connectivity index (χ0) is 22.1. The number of nitrogens with zero attached hydrogens (tertiary/aromatic N) is 3. The van der Waals surface area contributed by atoms with Crippen LogP contribution < -0.4 is 4.90 Å². The molecule has 2 saturated heterocycles. The molecule has 0 aromatic heterocycles. The van der Waals surface area contributed by atoms with E-state index < -0.39 is 11.7 Å². The van der Waals surface area contributed by atoms with Gasteiger partial charge in [-0.1, -0.05) is 23.2 Å². The summed E-state index contributed by atoms with van der Waals surface area (Å²) in [4.78, 5) is 42.9. The first-order chi connectivity index (χ1) is 14.8. The van der Waals surface area contributed by atoms with Crippen molar-refractivity contribution in [3.63, 3.8) is 0 Å². The molecule has 2 aliphatic heterocycles. The highest BCUT2D eigenvalue weighted by Gasteiger charge is 2.38. The van der Waals surface area contributed by atoms with Gasteiger partial charge in [0.1, 0.15) is 5.82 Å². The van der Waals surface area contributed by atoms with Crippen molar-refractivity contribution in [3.05, 3.63) is 63.9 Å². The van der Waals surface area contributed by atoms with Gasteiger partial charge in [0.25, 0.3) is 5.91 Å². The molecule has 9 heteroatoms. The molecule has 2 heterocycles. The van der Waals surface area contributed by atoms with Crippen LogP contribution in [0.4, 0.5) is 10.1 Å². The zero-order valence-electron chi connectivity index (χ0n) is 16.6. The van der Waals surface area contributed by atoms with Gasteiger partial charge in [0, 0.05) is 60.4 Å². The Kier molecular flexibility index (Phi) is 6.16. The number of rotatable bonds is 3. The summed E-state index contributed by atoms with van der Waals surface area (Å²) in [5, 5.41) is 0.846. The van der Waals surface area contributed by atoms with Gasteiger partial charge in [-0.2, -0.15) is 0 Å².